The Morgan fingerprint density at radius 1 is 1.14 bits per heavy atom. The third-order valence-electron chi connectivity index (χ3n) is 4.83. The van der Waals surface area contributed by atoms with Crippen molar-refractivity contribution in [3.63, 3.8) is 0 Å². The molecule has 0 bridgehead atoms. The molecular weight excluding hydrogens is 354 g/mol. The van der Waals surface area contributed by atoms with Crippen LogP contribution in [-0.4, -0.2) is 31.8 Å². The van der Waals surface area contributed by atoms with Gasteiger partial charge < -0.3 is 5.32 Å². The summed E-state index contributed by atoms with van der Waals surface area (Å²) in [6.07, 6.45) is 6.54. The summed E-state index contributed by atoms with van der Waals surface area (Å²) in [7, 11) is 0. The number of pyridine rings is 1. The number of hydrogen-bond acceptors (Lipinski definition) is 4. The van der Waals surface area contributed by atoms with Gasteiger partial charge in [0.25, 0.3) is 0 Å². The summed E-state index contributed by atoms with van der Waals surface area (Å²) in [4.78, 5) is 29.0. The van der Waals surface area contributed by atoms with Gasteiger partial charge in [0.05, 0.1) is 6.54 Å². The van der Waals surface area contributed by atoms with Crippen molar-refractivity contribution >= 4 is 5.91 Å². The van der Waals surface area contributed by atoms with Crippen LogP contribution in [-0.2, 0) is 17.8 Å². The number of benzene rings is 1. The predicted molar refractivity (Wildman–Crippen MR) is 106 cm³/mol. The first-order valence-corrected chi connectivity index (χ1v) is 9.63. The van der Waals surface area contributed by atoms with Crippen LogP contribution in [0, 0.1) is 0 Å². The first kappa shape index (κ1) is 18.2. The zero-order valence-corrected chi connectivity index (χ0v) is 15.6. The van der Waals surface area contributed by atoms with Crippen LogP contribution >= 0.6 is 0 Å². The number of aryl methyl sites for hydroxylation is 1. The van der Waals surface area contributed by atoms with Gasteiger partial charge in [-0.3, -0.25) is 14.3 Å². The molecule has 0 aliphatic heterocycles. The molecule has 0 saturated heterocycles. The molecule has 1 aliphatic carbocycles. The summed E-state index contributed by atoms with van der Waals surface area (Å²) >= 11 is 0. The van der Waals surface area contributed by atoms with E-state index in [1.54, 1.807) is 17.0 Å². The fourth-order valence-electron chi connectivity index (χ4n) is 3.21. The molecule has 144 valence electrons. The van der Waals surface area contributed by atoms with Crippen molar-refractivity contribution in [2.75, 3.05) is 6.54 Å². The van der Waals surface area contributed by atoms with E-state index in [0.717, 1.165) is 24.0 Å². The lowest BCUT2D eigenvalue weighted by Gasteiger charge is -2.05. The van der Waals surface area contributed by atoms with Gasteiger partial charge in [0.15, 0.2) is 5.82 Å². The van der Waals surface area contributed by atoms with E-state index in [4.69, 9.17) is 0 Å². The number of aromatic nitrogens is 4. The topological polar surface area (TPSA) is 81.8 Å². The molecule has 28 heavy (non-hydrogen) atoms. The largest absolute Gasteiger partial charge is 0.354 e. The summed E-state index contributed by atoms with van der Waals surface area (Å²) in [5.41, 5.74) is 1.84. The van der Waals surface area contributed by atoms with Crippen LogP contribution in [0.3, 0.4) is 0 Å². The van der Waals surface area contributed by atoms with Gasteiger partial charge in [-0.2, -0.15) is 0 Å². The van der Waals surface area contributed by atoms with Crippen LogP contribution in [0.25, 0.3) is 11.4 Å². The van der Waals surface area contributed by atoms with E-state index in [0.29, 0.717) is 31.8 Å². The highest BCUT2D eigenvalue weighted by Crippen LogP contribution is 2.36. The molecule has 7 heteroatoms. The Morgan fingerprint density at radius 2 is 1.96 bits per heavy atom. The zero-order chi connectivity index (χ0) is 19.3. The number of nitrogens with one attached hydrogen (secondary N) is 1. The molecule has 2 aromatic heterocycles. The van der Waals surface area contributed by atoms with Crippen molar-refractivity contribution in [2.45, 2.75) is 38.3 Å². The van der Waals surface area contributed by atoms with Crippen LogP contribution in [0.15, 0.2) is 59.7 Å². The Bertz CT molecular complexity index is 991. The van der Waals surface area contributed by atoms with Crippen LogP contribution in [0.1, 0.15) is 30.9 Å². The smallest absolute Gasteiger partial charge is 0.346 e. The van der Waals surface area contributed by atoms with Crippen molar-refractivity contribution in [2.24, 2.45) is 0 Å². The van der Waals surface area contributed by atoms with E-state index in [-0.39, 0.29) is 17.6 Å². The number of amides is 1. The molecule has 1 saturated carbocycles. The number of nitrogens with zero attached hydrogens (tertiary/aromatic N) is 4. The molecule has 3 aromatic rings. The molecule has 1 amide bonds. The second kappa shape index (κ2) is 8.21. The molecule has 0 unspecified atom stereocenters. The van der Waals surface area contributed by atoms with Crippen LogP contribution in [0.5, 0.6) is 0 Å². The molecule has 1 aromatic carbocycles. The summed E-state index contributed by atoms with van der Waals surface area (Å²) in [5.74, 6) is 0.627. The Hall–Kier alpha value is -3.22. The highest BCUT2D eigenvalue weighted by atomic mass is 16.2. The standard InChI is InChI=1S/C21H23N5O2/c27-19(11-8-16-5-2-1-3-6-16)23-13-14-25-21(28)26(18-9-10-18)20(24-25)17-7-4-12-22-15-17/h1-7,12,15,18H,8-11,13-14H2,(H,23,27). The van der Waals surface area contributed by atoms with Crippen molar-refractivity contribution in [1.29, 1.82) is 0 Å². The molecule has 1 fully saturated rings. The van der Waals surface area contributed by atoms with Gasteiger partial charge in [-0.1, -0.05) is 30.3 Å². The molecule has 1 N–H and O–H groups in total. The molecule has 4 rings (SSSR count). The van der Waals surface area contributed by atoms with Crippen LogP contribution < -0.4 is 11.0 Å². The molecule has 7 nitrogen and oxygen atoms in total. The molecular formula is C21H23N5O2. The van der Waals surface area contributed by atoms with Crippen molar-refractivity contribution < 1.29 is 4.79 Å². The average molecular weight is 377 g/mol. The molecule has 1 aliphatic rings. The first-order valence-electron chi connectivity index (χ1n) is 9.63. The second-order valence-electron chi connectivity index (χ2n) is 7.01. The quantitative estimate of drug-likeness (QED) is 0.652. The average Bonchev–Trinajstić information content (AvgIpc) is 3.52. The maximum Gasteiger partial charge on any atom is 0.346 e. The number of rotatable bonds is 8. The molecule has 0 spiro atoms. The maximum atomic E-state index is 12.8. The minimum atomic E-state index is -0.125. The minimum Gasteiger partial charge on any atom is -0.354 e. The first-order chi connectivity index (χ1) is 13.7. The lowest BCUT2D eigenvalue weighted by Crippen LogP contribution is -2.32. The van der Waals surface area contributed by atoms with E-state index in [1.807, 2.05) is 42.5 Å². The highest BCUT2D eigenvalue weighted by molar-refractivity contribution is 5.76. The van der Waals surface area contributed by atoms with Gasteiger partial charge in [-0.25, -0.2) is 9.48 Å². The monoisotopic (exact) mass is 377 g/mol. The lowest BCUT2D eigenvalue weighted by molar-refractivity contribution is -0.121. The van der Waals surface area contributed by atoms with Gasteiger partial charge in [0.1, 0.15) is 0 Å². The van der Waals surface area contributed by atoms with Crippen LogP contribution in [0.2, 0.25) is 0 Å². The fourth-order valence-corrected chi connectivity index (χ4v) is 3.21. The Labute approximate surface area is 163 Å². The van der Waals surface area contributed by atoms with E-state index < -0.39 is 0 Å². The maximum absolute atomic E-state index is 12.8. The summed E-state index contributed by atoms with van der Waals surface area (Å²) < 4.78 is 3.20. The lowest BCUT2D eigenvalue weighted by atomic mass is 10.1. The van der Waals surface area contributed by atoms with Gasteiger partial charge in [-0.05, 0) is 37.0 Å². The Kier molecular flexibility index (Phi) is 5.32. The number of carbonyl (C=O) groups excluding carboxylic acids is 1. The van der Waals surface area contributed by atoms with Crippen LogP contribution in [0.4, 0.5) is 0 Å². The third-order valence-corrected chi connectivity index (χ3v) is 4.83. The summed E-state index contributed by atoms with van der Waals surface area (Å²) in [5, 5.41) is 7.39. The van der Waals surface area contributed by atoms with E-state index in [2.05, 4.69) is 15.4 Å². The number of carbonyl (C=O) groups is 1. The normalized spacial score (nSPS) is 13.4. The van der Waals surface area contributed by atoms with Crippen molar-refractivity contribution in [3.8, 4) is 11.4 Å². The minimum absolute atomic E-state index is 0.0222. The molecule has 0 radical (unpaired) electrons. The van der Waals surface area contributed by atoms with E-state index in [9.17, 15) is 9.59 Å². The third kappa shape index (κ3) is 4.19. The van der Waals surface area contributed by atoms with Gasteiger partial charge in [0.2, 0.25) is 5.91 Å². The predicted octanol–water partition coefficient (Wildman–Crippen LogP) is 2.19. The second-order valence-corrected chi connectivity index (χ2v) is 7.01. The van der Waals surface area contributed by atoms with Gasteiger partial charge in [-0.15, -0.1) is 5.10 Å². The molecule has 0 atom stereocenters. The summed E-state index contributed by atoms with van der Waals surface area (Å²) in [6.45, 7) is 0.727. The van der Waals surface area contributed by atoms with Crippen molar-refractivity contribution in [1.82, 2.24) is 24.6 Å². The fraction of sp³-hybridized carbons (Fsp3) is 0.333. The molecule has 2 heterocycles. The Balaban J connectivity index is 1.37. The van der Waals surface area contributed by atoms with Gasteiger partial charge in [0, 0.05) is 37.0 Å². The number of hydrogen-bond donors (Lipinski definition) is 1. The highest BCUT2D eigenvalue weighted by Gasteiger charge is 2.30. The van der Waals surface area contributed by atoms with Crippen molar-refractivity contribution in [3.05, 3.63) is 70.9 Å². The van der Waals surface area contributed by atoms with E-state index >= 15 is 0 Å². The Morgan fingerprint density at radius 3 is 2.68 bits per heavy atom. The zero-order valence-electron chi connectivity index (χ0n) is 15.6. The SMILES string of the molecule is O=C(CCc1ccccc1)NCCn1nc(-c2cccnc2)n(C2CC2)c1=O. The van der Waals surface area contributed by atoms with E-state index in [1.165, 1.54) is 4.68 Å². The summed E-state index contributed by atoms with van der Waals surface area (Å²) in [6, 6.07) is 13.9. The van der Waals surface area contributed by atoms with Gasteiger partial charge >= 0.3 is 5.69 Å².